The molecule has 1 aliphatic carbocycles. The van der Waals surface area contributed by atoms with E-state index in [0.717, 1.165) is 18.4 Å². The van der Waals surface area contributed by atoms with E-state index in [1.54, 1.807) is 19.0 Å². The number of rotatable bonds is 1. The van der Waals surface area contributed by atoms with Crippen LogP contribution in [-0.4, -0.2) is 29.9 Å². The summed E-state index contributed by atoms with van der Waals surface area (Å²) >= 11 is 0. The lowest BCUT2D eigenvalue weighted by atomic mass is 10.0. The molecule has 0 saturated heterocycles. The largest absolute Gasteiger partial charge is 0.358 e. The van der Waals surface area contributed by atoms with Crippen LogP contribution in [0.1, 0.15) is 40.9 Å². The number of fused-ring (bicyclic) bond motifs is 3. The van der Waals surface area contributed by atoms with Gasteiger partial charge in [0.1, 0.15) is 0 Å². The number of hydrogen-bond donors (Lipinski definition) is 1. The Morgan fingerprint density at radius 2 is 1.95 bits per heavy atom. The molecular weight excluding hydrogens is 236 g/mol. The highest BCUT2D eigenvalue weighted by molar-refractivity contribution is 5.98. The molecule has 1 aliphatic rings. The van der Waals surface area contributed by atoms with Gasteiger partial charge in [0.15, 0.2) is 0 Å². The van der Waals surface area contributed by atoms with Gasteiger partial charge in [0.05, 0.1) is 0 Å². The van der Waals surface area contributed by atoms with Gasteiger partial charge in [0, 0.05) is 36.3 Å². The zero-order valence-corrected chi connectivity index (χ0v) is 11.6. The molecule has 1 N–H and O–H groups in total. The van der Waals surface area contributed by atoms with E-state index in [1.165, 1.54) is 41.4 Å². The normalized spacial score (nSPS) is 15.1. The van der Waals surface area contributed by atoms with E-state index in [0.29, 0.717) is 0 Å². The summed E-state index contributed by atoms with van der Waals surface area (Å²) in [6.07, 6.45) is 6.10. The van der Waals surface area contributed by atoms with Gasteiger partial charge in [-0.15, -0.1) is 0 Å². The molecule has 2 aromatic rings. The molecule has 0 aliphatic heterocycles. The van der Waals surface area contributed by atoms with Crippen molar-refractivity contribution in [2.24, 2.45) is 0 Å². The number of aromatic amines is 1. The summed E-state index contributed by atoms with van der Waals surface area (Å²) in [6.45, 7) is 0. The molecule has 3 nitrogen and oxygen atoms in total. The van der Waals surface area contributed by atoms with Gasteiger partial charge >= 0.3 is 0 Å². The van der Waals surface area contributed by atoms with E-state index in [1.807, 2.05) is 12.1 Å². The van der Waals surface area contributed by atoms with Gasteiger partial charge in [-0.3, -0.25) is 4.79 Å². The lowest BCUT2D eigenvalue weighted by Crippen LogP contribution is -2.21. The number of benzene rings is 1. The molecule has 1 aromatic carbocycles. The molecule has 0 fully saturated rings. The van der Waals surface area contributed by atoms with Gasteiger partial charge < -0.3 is 9.88 Å². The number of aryl methyl sites for hydroxylation is 2. The number of carbonyl (C=O) groups is 1. The van der Waals surface area contributed by atoms with Crippen LogP contribution in [0, 0.1) is 0 Å². The highest BCUT2D eigenvalue weighted by Crippen LogP contribution is 2.29. The SMILES string of the molecule is CN(C)C(=O)c1ccc2[nH]c3c(c2c1)CCCCC3. The van der Waals surface area contributed by atoms with Crippen LogP contribution in [0.4, 0.5) is 0 Å². The second-order valence-electron chi connectivity index (χ2n) is 5.60. The second kappa shape index (κ2) is 4.72. The van der Waals surface area contributed by atoms with Crippen LogP contribution in [0.15, 0.2) is 18.2 Å². The van der Waals surface area contributed by atoms with Gasteiger partial charge in [-0.1, -0.05) is 6.42 Å². The van der Waals surface area contributed by atoms with E-state index >= 15 is 0 Å². The van der Waals surface area contributed by atoms with E-state index in [9.17, 15) is 4.79 Å². The van der Waals surface area contributed by atoms with E-state index in [-0.39, 0.29) is 5.91 Å². The number of amides is 1. The third-order valence-corrected chi connectivity index (χ3v) is 4.00. The summed E-state index contributed by atoms with van der Waals surface area (Å²) in [5.74, 6) is 0.0745. The maximum absolute atomic E-state index is 12.1. The molecule has 0 spiro atoms. The maximum Gasteiger partial charge on any atom is 0.253 e. The molecule has 1 aromatic heterocycles. The second-order valence-corrected chi connectivity index (χ2v) is 5.60. The maximum atomic E-state index is 12.1. The predicted molar refractivity (Wildman–Crippen MR) is 77.6 cm³/mol. The molecule has 0 saturated carbocycles. The van der Waals surface area contributed by atoms with Gasteiger partial charge in [-0.25, -0.2) is 0 Å². The Morgan fingerprint density at radius 3 is 2.74 bits per heavy atom. The number of H-pyrrole nitrogens is 1. The Hall–Kier alpha value is -1.77. The van der Waals surface area contributed by atoms with Crippen molar-refractivity contribution in [2.45, 2.75) is 32.1 Å². The lowest BCUT2D eigenvalue weighted by molar-refractivity contribution is 0.0828. The van der Waals surface area contributed by atoms with Gasteiger partial charge in [0.2, 0.25) is 0 Å². The first kappa shape index (κ1) is 12.3. The fourth-order valence-corrected chi connectivity index (χ4v) is 2.97. The number of nitrogens with one attached hydrogen (secondary N) is 1. The topological polar surface area (TPSA) is 36.1 Å². The summed E-state index contributed by atoms with van der Waals surface area (Å²) < 4.78 is 0. The summed E-state index contributed by atoms with van der Waals surface area (Å²) in [7, 11) is 3.59. The molecule has 0 unspecified atom stereocenters. The van der Waals surface area contributed by atoms with Crippen LogP contribution in [0.3, 0.4) is 0 Å². The molecule has 1 heterocycles. The Morgan fingerprint density at radius 1 is 1.16 bits per heavy atom. The molecule has 100 valence electrons. The summed E-state index contributed by atoms with van der Waals surface area (Å²) in [5.41, 5.74) is 4.76. The zero-order valence-electron chi connectivity index (χ0n) is 11.6. The minimum Gasteiger partial charge on any atom is -0.358 e. The number of aromatic nitrogens is 1. The standard InChI is InChI=1S/C16H20N2O/c1-18(2)16(19)11-8-9-15-13(10-11)12-6-4-3-5-7-14(12)17-15/h8-10,17H,3-7H2,1-2H3. The molecular formula is C16H20N2O. The van der Waals surface area contributed by atoms with Crippen molar-refractivity contribution in [3.63, 3.8) is 0 Å². The molecule has 1 amide bonds. The molecule has 3 heteroatoms. The first-order valence-corrected chi connectivity index (χ1v) is 7.02. The molecule has 0 radical (unpaired) electrons. The monoisotopic (exact) mass is 256 g/mol. The quantitative estimate of drug-likeness (QED) is 0.782. The van der Waals surface area contributed by atoms with Crippen LogP contribution < -0.4 is 0 Å². The van der Waals surface area contributed by atoms with Crippen molar-refractivity contribution in [1.29, 1.82) is 0 Å². The smallest absolute Gasteiger partial charge is 0.253 e. The zero-order chi connectivity index (χ0) is 13.4. The Labute approximate surface area is 113 Å². The highest BCUT2D eigenvalue weighted by atomic mass is 16.2. The van der Waals surface area contributed by atoms with Crippen molar-refractivity contribution in [2.75, 3.05) is 14.1 Å². The Kier molecular flexibility index (Phi) is 3.05. The minimum absolute atomic E-state index is 0.0745. The average molecular weight is 256 g/mol. The molecule has 0 bridgehead atoms. The van der Waals surface area contributed by atoms with Crippen LogP contribution in [0.5, 0.6) is 0 Å². The fraction of sp³-hybridized carbons (Fsp3) is 0.438. The van der Waals surface area contributed by atoms with E-state index < -0.39 is 0 Å². The third-order valence-electron chi connectivity index (χ3n) is 4.00. The van der Waals surface area contributed by atoms with Gasteiger partial charge in [0.25, 0.3) is 5.91 Å². The molecule has 3 rings (SSSR count). The number of nitrogens with zero attached hydrogens (tertiary/aromatic N) is 1. The van der Waals surface area contributed by atoms with E-state index in [4.69, 9.17) is 0 Å². The first-order valence-electron chi connectivity index (χ1n) is 7.02. The van der Waals surface area contributed by atoms with Crippen LogP contribution in [0.2, 0.25) is 0 Å². The van der Waals surface area contributed by atoms with Gasteiger partial charge in [-0.2, -0.15) is 0 Å². The van der Waals surface area contributed by atoms with Crippen LogP contribution >= 0.6 is 0 Å². The van der Waals surface area contributed by atoms with Gasteiger partial charge in [-0.05, 0) is 49.4 Å². The van der Waals surface area contributed by atoms with Crippen molar-refractivity contribution < 1.29 is 4.79 Å². The predicted octanol–water partition coefficient (Wildman–Crippen LogP) is 3.14. The van der Waals surface area contributed by atoms with Crippen LogP contribution in [0.25, 0.3) is 10.9 Å². The Bertz CT molecular complexity index is 625. The van der Waals surface area contributed by atoms with Crippen molar-refractivity contribution in [3.8, 4) is 0 Å². The van der Waals surface area contributed by atoms with E-state index in [2.05, 4.69) is 11.1 Å². The highest BCUT2D eigenvalue weighted by Gasteiger charge is 2.16. The van der Waals surface area contributed by atoms with Crippen molar-refractivity contribution in [1.82, 2.24) is 9.88 Å². The molecule has 0 atom stereocenters. The first-order chi connectivity index (χ1) is 9.16. The van der Waals surface area contributed by atoms with Crippen LogP contribution in [-0.2, 0) is 12.8 Å². The Balaban J connectivity index is 2.11. The van der Waals surface area contributed by atoms with Crippen molar-refractivity contribution >= 4 is 16.8 Å². The summed E-state index contributed by atoms with van der Waals surface area (Å²) in [4.78, 5) is 17.2. The fourth-order valence-electron chi connectivity index (χ4n) is 2.97. The number of carbonyl (C=O) groups excluding carboxylic acids is 1. The third kappa shape index (κ3) is 2.14. The average Bonchev–Trinajstić information content (AvgIpc) is 2.58. The summed E-state index contributed by atoms with van der Waals surface area (Å²) in [6, 6.07) is 6.01. The molecule has 19 heavy (non-hydrogen) atoms. The lowest BCUT2D eigenvalue weighted by Gasteiger charge is -2.10. The number of hydrogen-bond acceptors (Lipinski definition) is 1. The minimum atomic E-state index is 0.0745. The summed E-state index contributed by atoms with van der Waals surface area (Å²) in [5, 5.41) is 1.24. The van der Waals surface area contributed by atoms with Crippen molar-refractivity contribution in [3.05, 3.63) is 35.0 Å².